The number of hydrogen-bond donors (Lipinski definition) is 0. The molecule has 3 aromatic rings. The van der Waals surface area contributed by atoms with Crippen LogP contribution in [0, 0.1) is 0 Å². The molecule has 0 aliphatic carbocycles. The second kappa shape index (κ2) is 9.43. The lowest BCUT2D eigenvalue weighted by Crippen LogP contribution is -2.33. The second-order valence-corrected chi connectivity index (χ2v) is 8.18. The maximum atomic E-state index is 13.4. The molecule has 0 saturated heterocycles. The molecule has 0 aliphatic heterocycles. The summed E-state index contributed by atoms with van der Waals surface area (Å²) in [5, 5.41) is 1.21. The SMILES string of the molecule is COc1ccc(C(=O)N(CCCN(C)C)c2nc3c(Cl)cccc3s2)cc1OC. The summed E-state index contributed by atoms with van der Waals surface area (Å²) in [6, 6.07) is 10.8. The first-order valence-electron chi connectivity index (χ1n) is 9.18. The lowest BCUT2D eigenvalue weighted by atomic mass is 10.1. The molecule has 6 nitrogen and oxygen atoms in total. The van der Waals surface area contributed by atoms with Crippen LogP contribution in [0.3, 0.4) is 0 Å². The number of aromatic nitrogens is 1. The van der Waals surface area contributed by atoms with Gasteiger partial charge in [-0.2, -0.15) is 0 Å². The summed E-state index contributed by atoms with van der Waals surface area (Å²) in [6.45, 7) is 1.41. The number of amides is 1. The number of rotatable bonds is 8. The number of halogens is 1. The van der Waals surface area contributed by atoms with Crippen LogP contribution < -0.4 is 14.4 Å². The lowest BCUT2D eigenvalue weighted by Gasteiger charge is -2.21. The van der Waals surface area contributed by atoms with Crippen LogP contribution in [-0.4, -0.2) is 57.2 Å². The topological polar surface area (TPSA) is 54.9 Å². The van der Waals surface area contributed by atoms with Gasteiger partial charge in [-0.05, 0) is 57.4 Å². The van der Waals surface area contributed by atoms with E-state index < -0.39 is 0 Å². The first-order chi connectivity index (χ1) is 13.9. The number of ether oxygens (including phenoxy) is 2. The van der Waals surface area contributed by atoms with E-state index in [0.717, 1.165) is 17.7 Å². The number of anilines is 1. The van der Waals surface area contributed by atoms with Crippen molar-refractivity contribution >= 4 is 44.2 Å². The van der Waals surface area contributed by atoms with Gasteiger partial charge in [-0.25, -0.2) is 4.98 Å². The van der Waals surface area contributed by atoms with Crippen molar-refractivity contribution in [3.05, 3.63) is 47.0 Å². The maximum Gasteiger partial charge on any atom is 0.260 e. The molecule has 0 atom stereocenters. The zero-order valence-electron chi connectivity index (χ0n) is 16.9. The van der Waals surface area contributed by atoms with Gasteiger partial charge in [0.15, 0.2) is 16.6 Å². The van der Waals surface area contributed by atoms with Crippen molar-refractivity contribution in [1.29, 1.82) is 0 Å². The van der Waals surface area contributed by atoms with Crippen molar-refractivity contribution in [2.45, 2.75) is 6.42 Å². The average Bonchev–Trinajstić information content (AvgIpc) is 3.15. The number of hydrogen-bond acceptors (Lipinski definition) is 6. The number of carbonyl (C=O) groups is 1. The van der Waals surface area contributed by atoms with Gasteiger partial charge in [0, 0.05) is 12.1 Å². The molecule has 1 amide bonds. The Morgan fingerprint density at radius 3 is 2.52 bits per heavy atom. The van der Waals surface area contributed by atoms with Gasteiger partial charge in [0.2, 0.25) is 0 Å². The summed E-state index contributed by atoms with van der Waals surface area (Å²) in [4.78, 5) is 21.9. The summed E-state index contributed by atoms with van der Waals surface area (Å²) in [5.74, 6) is 0.953. The van der Waals surface area contributed by atoms with Gasteiger partial charge >= 0.3 is 0 Å². The Kier molecular flexibility index (Phi) is 6.95. The van der Waals surface area contributed by atoms with Gasteiger partial charge in [-0.15, -0.1) is 0 Å². The van der Waals surface area contributed by atoms with Crippen molar-refractivity contribution in [1.82, 2.24) is 9.88 Å². The smallest absolute Gasteiger partial charge is 0.260 e. The normalized spacial score (nSPS) is 11.1. The van der Waals surface area contributed by atoms with Crippen molar-refractivity contribution in [3.63, 3.8) is 0 Å². The van der Waals surface area contributed by atoms with Crippen molar-refractivity contribution in [2.24, 2.45) is 0 Å². The molecule has 1 heterocycles. The van der Waals surface area contributed by atoms with Crippen LogP contribution in [0.1, 0.15) is 16.8 Å². The molecule has 2 aromatic carbocycles. The van der Waals surface area contributed by atoms with Crippen LogP contribution >= 0.6 is 22.9 Å². The van der Waals surface area contributed by atoms with Crippen LogP contribution in [0.15, 0.2) is 36.4 Å². The fourth-order valence-electron chi connectivity index (χ4n) is 2.97. The number of carbonyl (C=O) groups excluding carboxylic acids is 1. The predicted molar refractivity (Wildman–Crippen MR) is 119 cm³/mol. The van der Waals surface area contributed by atoms with E-state index in [4.69, 9.17) is 21.1 Å². The molecule has 0 spiro atoms. The zero-order valence-corrected chi connectivity index (χ0v) is 18.5. The van der Waals surface area contributed by atoms with E-state index in [9.17, 15) is 4.79 Å². The van der Waals surface area contributed by atoms with E-state index >= 15 is 0 Å². The number of para-hydroxylation sites is 1. The molecule has 0 bridgehead atoms. The fourth-order valence-corrected chi connectivity index (χ4v) is 4.26. The Labute approximate surface area is 179 Å². The number of fused-ring (bicyclic) bond motifs is 1. The molecule has 8 heteroatoms. The van der Waals surface area contributed by atoms with Gasteiger partial charge in [0.1, 0.15) is 5.52 Å². The third kappa shape index (κ3) is 4.80. The van der Waals surface area contributed by atoms with Crippen LogP contribution in [0.5, 0.6) is 11.5 Å². The second-order valence-electron chi connectivity index (χ2n) is 6.77. The van der Waals surface area contributed by atoms with Gasteiger partial charge in [0.25, 0.3) is 5.91 Å². The van der Waals surface area contributed by atoms with Gasteiger partial charge < -0.3 is 14.4 Å². The minimum absolute atomic E-state index is 0.139. The van der Waals surface area contributed by atoms with E-state index in [2.05, 4.69) is 9.88 Å². The largest absolute Gasteiger partial charge is 0.493 e. The molecular weight excluding hydrogens is 410 g/mol. The van der Waals surface area contributed by atoms with E-state index in [-0.39, 0.29) is 5.91 Å². The Morgan fingerprint density at radius 2 is 1.86 bits per heavy atom. The summed E-state index contributed by atoms with van der Waals surface area (Å²) in [5.41, 5.74) is 1.23. The predicted octanol–water partition coefficient (Wildman–Crippen LogP) is 4.57. The Bertz CT molecular complexity index is 1010. The monoisotopic (exact) mass is 433 g/mol. The van der Waals surface area contributed by atoms with Crippen LogP contribution in [0.2, 0.25) is 5.02 Å². The highest BCUT2D eigenvalue weighted by molar-refractivity contribution is 7.22. The van der Waals surface area contributed by atoms with E-state index in [1.807, 2.05) is 26.2 Å². The fraction of sp³-hybridized carbons (Fsp3) is 0.333. The average molecular weight is 434 g/mol. The molecule has 0 aliphatic rings. The van der Waals surface area contributed by atoms with Crippen LogP contribution in [0.25, 0.3) is 10.2 Å². The first kappa shape index (κ1) is 21.4. The van der Waals surface area contributed by atoms with E-state index in [0.29, 0.717) is 39.3 Å². The molecule has 0 unspecified atom stereocenters. The number of benzene rings is 2. The first-order valence-corrected chi connectivity index (χ1v) is 10.4. The van der Waals surface area contributed by atoms with Gasteiger partial charge in [-0.1, -0.05) is 29.0 Å². The van der Waals surface area contributed by atoms with E-state index in [1.165, 1.54) is 11.3 Å². The Hall–Kier alpha value is -2.35. The standard InChI is InChI=1S/C21H24ClN3O3S/c1-24(2)11-6-12-25(21-23-19-15(22)7-5-8-18(19)29-21)20(26)14-9-10-16(27-3)17(13-14)28-4/h5,7-10,13H,6,11-12H2,1-4H3. The number of nitrogens with zero attached hydrogens (tertiary/aromatic N) is 3. The molecule has 1 aromatic heterocycles. The molecule has 3 rings (SSSR count). The highest BCUT2D eigenvalue weighted by Gasteiger charge is 2.23. The third-order valence-corrected chi connectivity index (χ3v) is 5.80. The quantitative estimate of drug-likeness (QED) is 0.521. The van der Waals surface area contributed by atoms with Gasteiger partial charge in [0.05, 0.1) is 23.9 Å². The summed E-state index contributed by atoms with van der Waals surface area (Å²) in [6.07, 6.45) is 0.815. The third-order valence-electron chi connectivity index (χ3n) is 4.45. The lowest BCUT2D eigenvalue weighted by molar-refractivity contribution is 0.0985. The molecular formula is C21H24ClN3O3S. The molecule has 0 N–H and O–H groups in total. The van der Waals surface area contributed by atoms with Crippen LogP contribution in [0.4, 0.5) is 5.13 Å². The number of methoxy groups -OCH3 is 2. The summed E-state index contributed by atoms with van der Waals surface area (Å²) in [7, 11) is 7.14. The minimum atomic E-state index is -0.139. The van der Waals surface area contributed by atoms with Crippen molar-refractivity contribution in [2.75, 3.05) is 46.3 Å². The molecule has 29 heavy (non-hydrogen) atoms. The van der Waals surface area contributed by atoms with E-state index in [1.54, 1.807) is 43.4 Å². The Balaban J connectivity index is 1.97. The zero-order chi connectivity index (χ0) is 21.0. The molecule has 0 radical (unpaired) electrons. The Morgan fingerprint density at radius 1 is 1.10 bits per heavy atom. The number of thiazole rings is 1. The molecule has 0 saturated carbocycles. The van der Waals surface area contributed by atoms with Gasteiger partial charge in [-0.3, -0.25) is 9.69 Å². The summed E-state index contributed by atoms with van der Waals surface area (Å²) >= 11 is 7.75. The minimum Gasteiger partial charge on any atom is -0.493 e. The summed E-state index contributed by atoms with van der Waals surface area (Å²) < 4.78 is 11.6. The molecule has 154 valence electrons. The highest BCUT2D eigenvalue weighted by Crippen LogP contribution is 2.34. The highest BCUT2D eigenvalue weighted by atomic mass is 35.5. The van der Waals surface area contributed by atoms with Crippen LogP contribution in [-0.2, 0) is 0 Å². The maximum absolute atomic E-state index is 13.4. The molecule has 0 fully saturated rings. The van der Waals surface area contributed by atoms with Crippen molar-refractivity contribution in [3.8, 4) is 11.5 Å². The van der Waals surface area contributed by atoms with Crippen molar-refractivity contribution < 1.29 is 14.3 Å².